The zero-order valence-electron chi connectivity index (χ0n) is 19.0. The zero-order chi connectivity index (χ0) is 22.7. The summed E-state index contributed by atoms with van der Waals surface area (Å²) >= 11 is 1.34. The van der Waals surface area contributed by atoms with E-state index in [2.05, 4.69) is 4.98 Å². The van der Waals surface area contributed by atoms with Crippen molar-refractivity contribution in [1.82, 2.24) is 4.98 Å². The molecule has 0 N–H and O–H groups in total. The Morgan fingerprint density at radius 2 is 1.48 bits per heavy atom. The lowest BCUT2D eigenvalue weighted by molar-refractivity contribution is 0.103. The second-order valence-corrected chi connectivity index (χ2v) is 9.01. The Balaban J connectivity index is 2.05. The quantitative estimate of drug-likeness (QED) is 0.384. The normalized spacial score (nSPS) is 11.4. The first kappa shape index (κ1) is 22.9. The van der Waals surface area contributed by atoms with Crippen LogP contribution in [-0.4, -0.2) is 36.2 Å². The number of nitrogens with zero attached hydrogens (tertiary/aromatic N) is 1. The third-order valence-corrected chi connectivity index (χ3v) is 5.20. The summed E-state index contributed by atoms with van der Waals surface area (Å²) in [6.07, 6.45) is -0.124. The fourth-order valence-corrected chi connectivity index (χ4v) is 3.94. The topological polar surface area (TPSA) is 66.9 Å². The van der Waals surface area contributed by atoms with E-state index in [1.54, 1.807) is 19.2 Å². The summed E-state index contributed by atoms with van der Waals surface area (Å²) in [5.41, 5.74) is 1.12. The molecule has 0 fully saturated rings. The lowest BCUT2D eigenvalue weighted by Gasteiger charge is -2.18. The molecule has 0 saturated carbocycles. The summed E-state index contributed by atoms with van der Waals surface area (Å²) in [4.78, 5) is 18.0. The van der Waals surface area contributed by atoms with Crippen LogP contribution in [0.25, 0.3) is 10.2 Å². The molecule has 0 amide bonds. The van der Waals surface area contributed by atoms with E-state index in [9.17, 15) is 4.79 Å². The molecule has 1 heterocycles. The Labute approximate surface area is 187 Å². The van der Waals surface area contributed by atoms with Gasteiger partial charge in [-0.15, -0.1) is 11.3 Å². The van der Waals surface area contributed by atoms with Crippen molar-refractivity contribution in [2.45, 2.75) is 59.9 Å². The van der Waals surface area contributed by atoms with Gasteiger partial charge in [-0.25, -0.2) is 4.98 Å². The van der Waals surface area contributed by atoms with E-state index in [1.165, 1.54) is 11.3 Å². The first-order valence-electron chi connectivity index (χ1n) is 10.3. The van der Waals surface area contributed by atoms with Gasteiger partial charge in [-0.2, -0.15) is 0 Å². The SMILES string of the molecule is COc1cc(OC(C)C)c(C(=O)c2nc3cc(OC(C)C)ccc3s2)cc1OC(C)C. The van der Waals surface area contributed by atoms with Crippen LogP contribution in [0.4, 0.5) is 0 Å². The molecule has 0 aliphatic rings. The fraction of sp³-hybridized carbons (Fsp3) is 0.417. The lowest BCUT2D eigenvalue weighted by atomic mass is 10.1. The van der Waals surface area contributed by atoms with Gasteiger partial charge in [0, 0.05) is 12.1 Å². The van der Waals surface area contributed by atoms with Crippen LogP contribution in [0.1, 0.15) is 56.9 Å². The van der Waals surface area contributed by atoms with E-state index in [1.807, 2.05) is 59.7 Å². The van der Waals surface area contributed by atoms with Gasteiger partial charge in [0.05, 0.1) is 41.2 Å². The molecule has 6 nitrogen and oxygen atoms in total. The first-order chi connectivity index (χ1) is 14.7. The van der Waals surface area contributed by atoms with Gasteiger partial charge in [0.25, 0.3) is 0 Å². The number of hydrogen-bond acceptors (Lipinski definition) is 7. The van der Waals surface area contributed by atoms with Gasteiger partial charge >= 0.3 is 0 Å². The average molecular weight is 444 g/mol. The Bertz CT molecular complexity index is 1070. The van der Waals surface area contributed by atoms with Gasteiger partial charge < -0.3 is 18.9 Å². The van der Waals surface area contributed by atoms with Crippen LogP contribution < -0.4 is 18.9 Å². The fourth-order valence-electron chi connectivity index (χ4n) is 3.04. The number of fused-ring (bicyclic) bond motifs is 1. The van der Waals surface area contributed by atoms with E-state index in [-0.39, 0.29) is 24.1 Å². The number of benzene rings is 2. The molecule has 0 atom stereocenters. The molecular weight excluding hydrogens is 414 g/mol. The van der Waals surface area contributed by atoms with Gasteiger partial charge in [0.15, 0.2) is 16.5 Å². The van der Waals surface area contributed by atoms with Gasteiger partial charge in [0.2, 0.25) is 5.78 Å². The van der Waals surface area contributed by atoms with Crippen LogP contribution >= 0.6 is 11.3 Å². The van der Waals surface area contributed by atoms with Crippen molar-refractivity contribution in [2.24, 2.45) is 0 Å². The van der Waals surface area contributed by atoms with Crippen molar-refractivity contribution in [3.63, 3.8) is 0 Å². The molecule has 3 rings (SSSR count). The summed E-state index contributed by atoms with van der Waals surface area (Å²) in [5.74, 6) is 1.95. The number of hydrogen-bond donors (Lipinski definition) is 0. The van der Waals surface area contributed by atoms with Crippen LogP contribution in [0.15, 0.2) is 30.3 Å². The summed E-state index contributed by atoms with van der Waals surface area (Å²) in [6.45, 7) is 11.6. The molecule has 7 heteroatoms. The predicted molar refractivity (Wildman–Crippen MR) is 123 cm³/mol. The number of rotatable bonds is 9. The highest BCUT2D eigenvalue weighted by molar-refractivity contribution is 7.20. The largest absolute Gasteiger partial charge is 0.493 e. The lowest BCUT2D eigenvalue weighted by Crippen LogP contribution is -2.13. The number of carbonyl (C=O) groups is 1. The second-order valence-electron chi connectivity index (χ2n) is 7.98. The van der Waals surface area contributed by atoms with Crippen LogP contribution in [0, 0.1) is 0 Å². The van der Waals surface area contributed by atoms with Crippen LogP contribution in [-0.2, 0) is 0 Å². The summed E-state index contributed by atoms with van der Waals surface area (Å²) < 4.78 is 23.9. The summed E-state index contributed by atoms with van der Waals surface area (Å²) in [5, 5.41) is 0.381. The maximum atomic E-state index is 13.5. The van der Waals surface area contributed by atoms with Gasteiger partial charge in [0.1, 0.15) is 11.5 Å². The van der Waals surface area contributed by atoms with Crippen LogP contribution in [0.2, 0.25) is 0 Å². The number of ketones is 1. The van der Waals surface area contributed by atoms with Crippen LogP contribution in [0.3, 0.4) is 0 Å². The maximum absolute atomic E-state index is 13.5. The van der Waals surface area contributed by atoms with Crippen molar-refractivity contribution in [3.05, 3.63) is 40.9 Å². The highest BCUT2D eigenvalue weighted by atomic mass is 32.1. The molecular formula is C24H29NO5S. The second kappa shape index (κ2) is 9.56. The molecule has 0 radical (unpaired) electrons. The Morgan fingerprint density at radius 1 is 0.839 bits per heavy atom. The molecule has 166 valence electrons. The van der Waals surface area contributed by atoms with Crippen molar-refractivity contribution >= 4 is 27.3 Å². The minimum absolute atomic E-state index is 0.0617. The van der Waals surface area contributed by atoms with Crippen molar-refractivity contribution in [3.8, 4) is 23.0 Å². The number of thiazole rings is 1. The molecule has 0 unspecified atom stereocenters. The highest BCUT2D eigenvalue weighted by Crippen LogP contribution is 2.38. The molecule has 0 spiro atoms. The molecule has 2 aromatic carbocycles. The van der Waals surface area contributed by atoms with Crippen LogP contribution in [0.5, 0.6) is 23.0 Å². The molecule has 1 aromatic heterocycles. The third-order valence-electron chi connectivity index (χ3n) is 4.16. The molecule has 0 bridgehead atoms. The van der Waals surface area contributed by atoms with E-state index >= 15 is 0 Å². The highest BCUT2D eigenvalue weighted by Gasteiger charge is 2.23. The van der Waals surface area contributed by atoms with Gasteiger partial charge in [-0.1, -0.05) is 0 Å². The maximum Gasteiger partial charge on any atom is 0.225 e. The standard InChI is InChI=1S/C24H29NO5S/c1-13(2)28-16-8-9-22-18(10-16)25-24(31-22)23(26)17-11-21(30-15(5)6)20(27-7)12-19(17)29-14(3)4/h8-15H,1-7H3. The van der Waals surface area contributed by atoms with Crippen molar-refractivity contribution in [2.75, 3.05) is 7.11 Å². The number of ether oxygens (including phenoxy) is 4. The zero-order valence-corrected chi connectivity index (χ0v) is 19.8. The Hall–Kier alpha value is -2.80. The predicted octanol–water partition coefficient (Wildman–Crippen LogP) is 5.90. The monoisotopic (exact) mass is 443 g/mol. The molecule has 31 heavy (non-hydrogen) atoms. The van der Waals surface area contributed by atoms with E-state index < -0.39 is 0 Å². The smallest absolute Gasteiger partial charge is 0.225 e. The molecule has 0 saturated heterocycles. The Kier molecular flexibility index (Phi) is 7.05. The average Bonchev–Trinajstić information content (AvgIpc) is 3.10. The van der Waals surface area contributed by atoms with Crippen molar-refractivity contribution in [1.29, 1.82) is 0 Å². The molecule has 3 aromatic rings. The summed E-state index contributed by atoms with van der Waals surface area (Å²) in [7, 11) is 1.56. The summed E-state index contributed by atoms with van der Waals surface area (Å²) in [6, 6.07) is 9.05. The number of aromatic nitrogens is 1. The number of methoxy groups -OCH3 is 1. The van der Waals surface area contributed by atoms with Gasteiger partial charge in [-0.3, -0.25) is 4.79 Å². The Morgan fingerprint density at radius 3 is 2.10 bits per heavy atom. The minimum atomic E-state index is -0.223. The van der Waals surface area contributed by atoms with E-state index in [0.717, 1.165) is 16.0 Å². The van der Waals surface area contributed by atoms with Gasteiger partial charge in [-0.05, 0) is 59.7 Å². The first-order valence-corrected chi connectivity index (χ1v) is 11.2. The minimum Gasteiger partial charge on any atom is -0.493 e. The number of carbonyl (C=O) groups excluding carboxylic acids is 1. The van der Waals surface area contributed by atoms with E-state index in [0.29, 0.717) is 27.8 Å². The van der Waals surface area contributed by atoms with E-state index in [4.69, 9.17) is 18.9 Å². The van der Waals surface area contributed by atoms with Crippen molar-refractivity contribution < 1.29 is 23.7 Å². The third kappa shape index (κ3) is 5.47. The molecule has 0 aliphatic carbocycles. The molecule has 0 aliphatic heterocycles.